The summed E-state index contributed by atoms with van der Waals surface area (Å²) < 4.78 is 29.0. The number of oxazole rings is 1. The van der Waals surface area contributed by atoms with E-state index in [2.05, 4.69) is 19.9 Å². The van der Waals surface area contributed by atoms with Gasteiger partial charge >= 0.3 is 5.76 Å². The highest BCUT2D eigenvalue weighted by Crippen LogP contribution is 2.16. The maximum Gasteiger partial charge on any atom is 0.417 e. The number of pyridine rings is 1. The van der Waals surface area contributed by atoms with E-state index in [0.29, 0.717) is 11.2 Å². The SMILES string of the molecule is O=c1[nH]c2ccc(S(=O)(=O)N/N=C/c3ccccn3)cc2o1. The largest absolute Gasteiger partial charge is 0.417 e. The average Bonchev–Trinajstić information content (AvgIpc) is 2.87. The van der Waals surface area contributed by atoms with Crippen LogP contribution in [0, 0.1) is 0 Å². The smallest absolute Gasteiger partial charge is 0.408 e. The van der Waals surface area contributed by atoms with Gasteiger partial charge in [0.15, 0.2) is 5.58 Å². The number of fused-ring (bicyclic) bond motifs is 1. The Morgan fingerprint density at radius 3 is 2.91 bits per heavy atom. The second-order valence-electron chi connectivity index (χ2n) is 4.28. The number of aromatic nitrogens is 2. The number of hydrogen-bond donors (Lipinski definition) is 2. The Bertz CT molecular complexity index is 990. The second-order valence-corrected chi connectivity index (χ2v) is 5.94. The molecule has 0 bridgehead atoms. The lowest BCUT2D eigenvalue weighted by molar-refractivity contribution is 0.553. The minimum absolute atomic E-state index is 0.0686. The summed E-state index contributed by atoms with van der Waals surface area (Å²) in [4.78, 5) is 19.5. The van der Waals surface area contributed by atoms with E-state index in [1.54, 1.807) is 24.4 Å². The quantitative estimate of drug-likeness (QED) is 0.545. The van der Waals surface area contributed by atoms with Crippen LogP contribution in [0.5, 0.6) is 0 Å². The molecule has 0 saturated carbocycles. The van der Waals surface area contributed by atoms with Gasteiger partial charge in [0.2, 0.25) is 0 Å². The highest BCUT2D eigenvalue weighted by molar-refractivity contribution is 7.89. The second kappa shape index (κ2) is 5.45. The van der Waals surface area contributed by atoms with Crippen LogP contribution in [0.3, 0.4) is 0 Å². The molecule has 112 valence electrons. The predicted octanol–water partition coefficient (Wildman–Crippen LogP) is 0.828. The van der Waals surface area contributed by atoms with E-state index in [4.69, 9.17) is 4.42 Å². The lowest BCUT2D eigenvalue weighted by atomic mass is 10.3. The fourth-order valence-corrected chi connectivity index (χ4v) is 2.57. The molecule has 3 aromatic rings. The fourth-order valence-electron chi connectivity index (χ4n) is 1.76. The molecule has 0 spiro atoms. The summed E-state index contributed by atoms with van der Waals surface area (Å²) in [6.45, 7) is 0. The van der Waals surface area contributed by atoms with Crippen molar-refractivity contribution in [2.75, 3.05) is 0 Å². The van der Waals surface area contributed by atoms with Crippen LogP contribution < -0.4 is 10.6 Å². The summed E-state index contributed by atoms with van der Waals surface area (Å²) in [6.07, 6.45) is 2.85. The molecule has 1 aromatic carbocycles. The maximum absolute atomic E-state index is 12.1. The van der Waals surface area contributed by atoms with Crippen LogP contribution in [0.1, 0.15) is 5.69 Å². The van der Waals surface area contributed by atoms with Gasteiger partial charge in [0, 0.05) is 12.3 Å². The molecule has 0 amide bonds. The minimum atomic E-state index is -3.86. The van der Waals surface area contributed by atoms with Gasteiger partial charge in [0.05, 0.1) is 22.3 Å². The molecule has 2 heterocycles. The third-order valence-corrected chi connectivity index (χ3v) is 3.98. The van der Waals surface area contributed by atoms with Crippen molar-refractivity contribution in [2.24, 2.45) is 5.10 Å². The Kier molecular flexibility index (Phi) is 3.47. The third-order valence-electron chi connectivity index (χ3n) is 2.76. The van der Waals surface area contributed by atoms with Gasteiger partial charge in [-0.2, -0.15) is 13.5 Å². The standard InChI is InChI=1S/C13H10N4O4S/c18-13-16-11-5-4-10(7-12(11)21-13)22(19,20)17-15-8-9-3-1-2-6-14-9/h1-8,17H,(H,16,18)/b15-8+. The van der Waals surface area contributed by atoms with E-state index in [9.17, 15) is 13.2 Å². The number of sulfonamides is 1. The van der Waals surface area contributed by atoms with Crippen molar-refractivity contribution in [1.29, 1.82) is 0 Å². The molecule has 0 aliphatic heterocycles. The number of nitrogens with one attached hydrogen (secondary N) is 2. The molecule has 0 aliphatic rings. The third kappa shape index (κ3) is 2.88. The predicted molar refractivity (Wildman–Crippen MR) is 79.0 cm³/mol. The van der Waals surface area contributed by atoms with Crippen molar-refractivity contribution in [3.8, 4) is 0 Å². The Morgan fingerprint density at radius 1 is 1.27 bits per heavy atom. The number of benzene rings is 1. The molecule has 22 heavy (non-hydrogen) atoms. The molecule has 0 atom stereocenters. The summed E-state index contributed by atoms with van der Waals surface area (Å²) in [5.74, 6) is -0.648. The Hall–Kier alpha value is -2.94. The van der Waals surface area contributed by atoms with Crippen LogP contribution in [0.4, 0.5) is 0 Å². The molecule has 0 saturated heterocycles. The molecule has 0 unspecified atom stereocenters. The van der Waals surface area contributed by atoms with Crippen molar-refractivity contribution in [3.05, 3.63) is 58.8 Å². The van der Waals surface area contributed by atoms with Crippen LogP contribution in [0.15, 0.2) is 61.8 Å². The zero-order chi connectivity index (χ0) is 15.6. The first-order chi connectivity index (χ1) is 10.5. The van der Waals surface area contributed by atoms with Crippen molar-refractivity contribution in [3.63, 3.8) is 0 Å². The molecule has 0 aliphatic carbocycles. The lowest BCUT2D eigenvalue weighted by Crippen LogP contribution is -2.18. The van der Waals surface area contributed by atoms with E-state index in [1.807, 2.05) is 0 Å². The van der Waals surface area contributed by atoms with Crippen LogP contribution in [0.25, 0.3) is 11.1 Å². The number of nitrogens with zero attached hydrogens (tertiary/aromatic N) is 2. The van der Waals surface area contributed by atoms with E-state index in [0.717, 1.165) is 0 Å². The number of rotatable bonds is 4. The first-order valence-corrected chi connectivity index (χ1v) is 7.62. The normalized spacial score (nSPS) is 12.0. The van der Waals surface area contributed by atoms with Gasteiger partial charge in [-0.25, -0.2) is 9.63 Å². The molecule has 3 rings (SSSR count). The van der Waals surface area contributed by atoms with Crippen LogP contribution in [0.2, 0.25) is 0 Å². The van der Waals surface area contributed by atoms with Gasteiger partial charge in [-0.05, 0) is 24.3 Å². The van der Waals surface area contributed by atoms with E-state index in [1.165, 1.54) is 24.4 Å². The Morgan fingerprint density at radius 2 is 2.14 bits per heavy atom. The van der Waals surface area contributed by atoms with Gasteiger partial charge in [0.1, 0.15) is 0 Å². The number of hydrogen-bond acceptors (Lipinski definition) is 6. The van der Waals surface area contributed by atoms with Crippen LogP contribution >= 0.6 is 0 Å². The first kappa shape index (κ1) is 14.0. The summed E-state index contributed by atoms with van der Waals surface area (Å²) >= 11 is 0. The highest BCUT2D eigenvalue weighted by atomic mass is 32.2. The van der Waals surface area contributed by atoms with Crippen molar-refractivity contribution < 1.29 is 12.8 Å². The minimum Gasteiger partial charge on any atom is -0.408 e. The molecule has 8 nitrogen and oxygen atoms in total. The Labute approximate surface area is 124 Å². The number of hydrazone groups is 1. The van der Waals surface area contributed by atoms with E-state index >= 15 is 0 Å². The summed E-state index contributed by atoms with van der Waals surface area (Å²) in [5.41, 5.74) is 1.08. The molecule has 0 radical (unpaired) electrons. The molecule has 2 aromatic heterocycles. The van der Waals surface area contributed by atoms with Crippen molar-refractivity contribution in [1.82, 2.24) is 14.8 Å². The van der Waals surface area contributed by atoms with Gasteiger partial charge in [0.25, 0.3) is 10.0 Å². The molecule has 2 N–H and O–H groups in total. The molecular formula is C13H10N4O4S. The average molecular weight is 318 g/mol. The fraction of sp³-hybridized carbons (Fsp3) is 0. The Balaban J connectivity index is 1.85. The van der Waals surface area contributed by atoms with Crippen molar-refractivity contribution in [2.45, 2.75) is 4.90 Å². The van der Waals surface area contributed by atoms with Gasteiger partial charge in [-0.15, -0.1) is 0 Å². The first-order valence-electron chi connectivity index (χ1n) is 6.13. The number of aromatic amines is 1. The summed E-state index contributed by atoms with van der Waals surface area (Å²) in [5, 5.41) is 3.65. The van der Waals surface area contributed by atoms with E-state index < -0.39 is 15.8 Å². The zero-order valence-electron chi connectivity index (χ0n) is 11.1. The molecule has 9 heteroatoms. The van der Waals surface area contributed by atoms with Gasteiger partial charge in [-0.1, -0.05) is 6.07 Å². The number of H-pyrrole nitrogens is 1. The monoisotopic (exact) mass is 318 g/mol. The van der Waals surface area contributed by atoms with Gasteiger partial charge < -0.3 is 4.42 Å². The topological polar surface area (TPSA) is 117 Å². The van der Waals surface area contributed by atoms with E-state index in [-0.39, 0.29) is 10.5 Å². The maximum atomic E-state index is 12.1. The molecular weight excluding hydrogens is 308 g/mol. The summed E-state index contributed by atoms with van der Waals surface area (Å²) in [7, 11) is -3.86. The van der Waals surface area contributed by atoms with Gasteiger partial charge in [-0.3, -0.25) is 9.97 Å². The lowest BCUT2D eigenvalue weighted by Gasteiger charge is -2.02. The molecule has 0 fully saturated rings. The van der Waals surface area contributed by atoms with Crippen LogP contribution in [-0.4, -0.2) is 24.6 Å². The van der Waals surface area contributed by atoms with Crippen LogP contribution in [-0.2, 0) is 10.0 Å². The highest BCUT2D eigenvalue weighted by Gasteiger charge is 2.14. The zero-order valence-corrected chi connectivity index (χ0v) is 11.9. The van der Waals surface area contributed by atoms with Crippen molar-refractivity contribution >= 4 is 27.3 Å². The summed E-state index contributed by atoms with van der Waals surface area (Å²) in [6, 6.07) is 9.19.